The molecule has 2 atom stereocenters. The second-order valence-electron chi connectivity index (χ2n) is 6.83. The number of carbonyl (C=O) groups is 1. The third-order valence-corrected chi connectivity index (χ3v) is 5.12. The van der Waals surface area contributed by atoms with Crippen LogP contribution in [0.1, 0.15) is 22.8 Å². The fourth-order valence-corrected chi connectivity index (χ4v) is 3.65. The highest BCUT2D eigenvalue weighted by Gasteiger charge is 2.34. The summed E-state index contributed by atoms with van der Waals surface area (Å²) >= 11 is 0. The van der Waals surface area contributed by atoms with Crippen LogP contribution in [0.25, 0.3) is 11.0 Å². The SMILES string of the molecule is Cc1c(CNC(=O)[C@H]2CNC[C@@H]2c2cnn(C)c2)oc2ccc(F)cc12. The van der Waals surface area contributed by atoms with E-state index in [9.17, 15) is 9.18 Å². The zero-order valence-corrected chi connectivity index (χ0v) is 14.8. The fraction of sp³-hybridized carbons (Fsp3) is 0.368. The number of aryl methyl sites for hydroxylation is 2. The number of nitrogens with one attached hydrogen (secondary N) is 2. The summed E-state index contributed by atoms with van der Waals surface area (Å²) in [6.45, 7) is 3.56. The molecular weight excluding hydrogens is 335 g/mol. The molecule has 0 radical (unpaired) electrons. The van der Waals surface area contributed by atoms with Crippen molar-refractivity contribution in [3.05, 3.63) is 53.3 Å². The lowest BCUT2D eigenvalue weighted by Crippen LogP contribution is -2.34. The Hall–Kier alpha value is -2.67. The zero-order chi connectivity index (χ0) is 18.3. The number of fused-ring (bicyclic) bond motifs is 1. The molecule has 1 fully saturated rings. The maximum absolute atomic E-state index is 13.4. The number of nitrogens with zero attached hydrogens (tertiary/aromatic N) is 2. The molecule has 1 aromatic carbocycles. The van der Waals surface area contributed by atoms with Gasteiger partial charge in [-0.3, -0.25) is 9.48 Å². The lowest BCUT2D eigenvalue weighted by atomic mass is 9.90. The van der Waals surface area contributed by atoms with Crippen molar-refractivity contribution in [2.45, 2.75) is 19.4 Å². The van der Waals surface area contributed by atoms with Crippen molar-refractivity contribution >= 4 is 16.9 Å². The molecule has 0 aliphatic carbocycles. The first-order chi connectivity index (χ1) is 12.5. The summed E-state index contributed by atoms with van der Waals surface area (Å²) in [6, 6.07) is 4.44. The van der Waals surface area contributed by atoms with Crippen LogP contribution in [0.4, 0.5) is 4.39 Å². The minimum Gasteiger partial charge on any atom is -0.459 e. The number of aromatic nitrogens is 2. The van der Waals surface area contributed by atoms with Gasteiger partial charge in [-0.05, 0) is 30.7 Å². The van der Waals surface area contributed by atoms with Gasteiger partial charge in [0.15, 0.2) is 0 Å². The predicted molar refractivity (Wildman–Crippen MR) is 95.1 cm³/mol. The van der Waals surface area contributed by atoms with Gasteiger partial charge in [0.1, 0.15) is 17.2 Å². The van der Waals surface area contributed by atoms with Gasteiger partial charge >= 0.3 is 0 Å². The number of hydrogen-bond donors (Lipinski definition) is 2. The van der Waals surface area contributed by atoms with Gasteiger partial charge in [-0.25, -0.2) is 4.39 Å². The summed E-state index contributed by atoms with van der Waals surface area (Å²) in [6.07, 6.45) is 3.77. The van der Waals surface area contributed by atoms with E-state index in [2.05, 4.69) is 15.7 Å². The lowest BCUT2D eigenvalue weighted by molar-refractivity contribution is -0.125. The Balaban J connectivity index is 1.47. The Labute approximate surface area is 150 Å². The Bertz CT molecular complexity index is 962. The molecule has 7 heteroatoms. The molecule has 2 aromatic heterocycles. The number of rotatable bonds is 4. The second kappa shape index (κ2) is 6.57. The van der Waals surface area contributed by atoms with E-state index in [-0.39, 0.29) is 30.1 Å². The van der Waals surface area contributed by atoms with E-state index in [1.54, 1.807) is 10.7 Å². The van der Waals surface area contributed by atoms with E-state index in [1.807, 2.05) is 26.4 Å². The number of amides is 1. The van der Waals surface area contributed by atoms with Gasteiger partial charge in [-0.2, -0.15) is 5.10 Å². The van der Waals surface area contributed by atoms with E-state index in [0.717, 1.165) is 23.1 Å². The lowest BCUT2D eigenvalue weighted by Gasteiger charge is -2.16. The van der Waals surface area contributed by atoms with E-state index < -0.39 is 0 Å². The molecule has 0 unspecified atom stereocenters. The fourth-order valence-electron chi connectivity index (χ4n) is 3.65. The Morgan fingerprint density at radius 1 is 1.46 bits per heavy atom. The van der Waals surface area contributed by atoms with Crippen molar-refractivity contribution in [1.29, 1.82) is 0 Å². The van der Waals surface area contributed by atoms with Crippen LogP contribution in [0.5, 0.6) is 0 Å². The average Bonchev–Trinajstić information content (AvgIpc) is 3.33. The first-order valence-corrected chi connectivity index (χ1v) is 8.67. The maximum atomic E-state index is 13.4. The Morgan fingerprint density at radius 2 is 2.31 bits per heavy atom. The summed E-state index contributed by atoms with van der Waals surface area (Å²) in [5.41, 5.74) is 2.55. The maximum Gasteiger partial charge on any atom is 0.225 e. The molecule has 1 saturated heterocycles. The predicted octanol–water partition coefficient (Wildman–Crippen LogP) is 2.23. The summed E-state index contributed by atoms with van der Waals surface area (Å²) in [5, 5.41) is 11.2. The molecule has 0 spiro atoms. The molecule has 1 aliphatic rings. The highest BCUT2D eigenvalue weighted by molar-refractivity contribution is 5.83. The number of carbonyl (C=O) groups excluding carboxylic acids is 1. The van der Waals surface area contributed by atoms with Crippen molar-refractivity contribution in [2.75, 3.05) is 13.1 Å². The summed E-state index contributed by atoms with van der Waals surface area (Å²) < 4.78 is 20.9. The monoisotopic (exact) mass is 356 g/mol. The van der Waals surface area contributed by atoms with Gasteiger partial charge in [0.05, 0.1) is 18.7 Å². The van der Waals surface area contributed by atoms with Crippen LogP contribution < -0.4 is 10.6 Å². The zero-order valence-electron chi connectivity index (χ0n) is 14.8. The first-order valence-electron chi connectivity index (χ1n) is 8.67. The normalized spacial score (nSPS) is 20.0. The molecule has 2 N–H and O–H groups in total. The molecule has 4 rings (SSSR count). The third-order valence-electron chi connectivity index (χ3n) is 5.12. The molecular formula is C19H21FN4O2. The van der Waals surface area contributed by atoms with Crippen molar-refractivity contribution in [3.8, 4) is 0 Å². The first kappa shape index (κ1) is 16.8. The van der Waals surface area contributed by atoms with Crippen molar-refractivity contribution < 1.29 is 13.6 Å². The molecule has 3 aromatic rings. The molecule has 0 bridgehead atoms. The van der Waals surface area contributed by atoms with Gasteiger partial charge in [0, 0.05) is 43.2 Å². The molecule has 1 aliphatic heterocycles. The molecule has 0 saturated carbocycles. The third kappa shape index (κ3) is 2.99. The summed E-state index contributed by atoms with van der Waals surface area (Å²) in [7, 11) is 1.87. The van der Waals surface area contributed by atoms with E-state index in [4.69, 9.17) is 4.42 Å². The van der Waals surface area contributed by atoms with Gasteiger partial charge in [-0.1, -0.05) is 0 Å². The number of benzene rings is 1. The summed E-state index contributed by atoms with van der Waals surface area (Å²) in [4.78, 5) is 12.7. The van der Waals surface area contributed by atoms with Crippen LogP contribution in [0.15, 0.2) is 35.0 Å². The minimum atomic E-state index is -0.298. The highest BCUT2D eigenvalue weighted by Crippen LogP contribution is 2.29. The average molecular weight is 356 g/mol. The van der Waals surface area contributed by atoms with Crippen LogP contribution >= 0.6 is 0 Å². The minimum absolute atomic E-state index is 0.0186. The van der Waals surface area contributed by atoms with Gasteiger partial charge in [0.2, 0.25) is 5.91 Å². The van der Waals surface area contributed by atoms with E-state index >= 15 is 0 Å². The van der Waals surface area contributed by atoms with Gasteiger partial charge < -0.3 is 15.1 Å². The number of furan rings is 1. The van der Waals surface area contributed by atoms with Crippen molar-refractivity contribution in [1.82, 2.24) is 20.4 Å². The number of halogens is 1. The van der Waals surface area contributed by atoms with Crippen molar-refractivity contribution in [2.24, 2.45) is 13.0 Å². The highest BCUT2D eigenvalue weighted by atomic mass is 19.1. The van der Waals surface area contributed by atoms with Crippen molar-refractivity contribution in [3.63, 3.8) is 0 Å². The Kier molecular flexibility index (Phi) is 4.24. The Morgan fingerprint density at radius 3 is 3.08 bits per heavy atom. The van der Waals surface area contributed by atoms with Crippen LogP contribution in [0.2, 0.25) is 0 Å². The molecule has 1 amide bonds. The molecule has 26 heavy (non-hydrogen) atoms. The smallest absolute Gasteiger partial charge is 0.225 e. The van der Waals surface area contributed by atoms with E-state index in [1.165, 1.54) is 12.1 Å². The van der Waals surface area contributed by atoms with Crippen LogP contribution in [-0.2, 0) is 18.4 Å². The van der Waals surface area contributed by atoms with Gasteiger partial charge in [-0.15, -0.1) is 0 Å². The topological polar surface area (TPSA) is 72.1 Å². The molecule has 6 nitrogen and oxygen atoms in total. The van der Waals surface area contributed by atoms with Crippen LogP contribution in [0, 0.1) is 18.7 Å². The summed E-state index contributed by atoms with van der Waals surface area (Å²) in [5.74, 6) is 0.293. The van der Waals surface area contributed by atoms with Gasteiger partial charge in [0.25, 0.3) is 0 Å². The van der Waals surface area contributed by atoms with Crippen LogP contribution in [0.3, 0.4) is 0 Å². The molecule has 136 valence electrons. The standard InChI is InChI=1S/C19H21FN4O2/c1-11-14-5-13(20)3-4-17(14)26-18(11)9-22-19(25)16-8-21-7-15(16)12-6-23-24(2)10-12/h3-6,10,15-16,21H,7-9H2,1-2H3,(H,22,25)/t15-,16+/m1/s1. The quantitative estimate of drug-likeness (QED) is 0.752. The van der Waals surface area contributed by atoms with E-state index in [0.29, 0.717) is 17.9 Å². The molecule has 3 heterocycles. The number of hydrogen-bond acceptors (Lipinski definition) is 4. The second-order valence-corrected chi connectivity index (χ2v) is 6.83. The van der Waals surface area contributed by atoms with Crippen LogP contribution in [-0.4, -0.2) is 28.8 Å². The largest absolute Gasteiger partial charge is 0.459 e.